The van der Waals surface area contributed by atoms with Crippen LogP contribution < -0.4 is 0 Å². The van der Waals surface area contributed by atoms with Crippen LogP contribution in [0.5, 0.6) is 0 Å². The van der Waals surface area contributed by atoms with Crippen molar-refractivity contribution in [3.05, 3.63) is 71.8 Å². The maximum Gasteiger partial charge on any atom is 0.432 e. The van der Waals surface area contributed by atoms with Crippen molar-refractivity contribution in [1.82, 2.24) is 5.06 Å². The highest BCUT2D eigenvalue weighted by Gasteiger charge is 2.32. The fraction of sp³-hybridized carbons (Fsp3) is 0.125. The topological polar surface area (TPSA) is 87.1 Å². The van der Waals surface area contributed by atoms with Gasteiger partial charge in [0, 0.05) is 0 Å². The molecule has 2 aromatic rings. The zero-order valence-corrected chi connectivity index (χ0v) is 11.6. The van der Waals surface area contributed by atoms with E-state index in [0.717, 1.165) is 5.56 Å². The average Bonchev–Trinajstić information content (AvgIpc) is 2.52. The molecular weight excluding hydrogens is 286 g/mol. The van der Waals surface area contributed by atoms with Crippen LogP contribution in [0.15, 0.2) is 60.7 Å². The second-order valence-electron chi connectivity index (χ2n) is 4.52. The summed E-state index contributed by atoms with van der Waals surface area (Å²) in [6.07, 6.45) is -1.47. The number of aliphatic carboxylic acids is 1. The van der Waals surface area contributed by atoms with Gasteiger partial charge < -0.3 is 10.2 Å². The van der Waals surface area contributed by atoms with Crippen molar-refractivity contribution in [3.8, 4) is 0 Å². The Morgan fingerprint density at radius 1 is 0.955 bits per heavy atom. The molecule has 0 heterocycles. The maximum absolute atomic E-state index is 11.5. The Kier molecular flexibility index (Phi) is 5.11. The summed E-state index contributed by atoms with van der Waals surface area (Å²) < 4.78 is 0. The minimum absolute atomic E-state index is 0.0379. The Morgan fingerprint density at radius 2 is 1.50 bits per heavy atom. The summed E-state index contributed by atoms with van der Waals surface area (Å²) >= 11 is 0. The lowest BCUT2D eigenvalue weighted by Crippen LogP contribution is -2.38. The number of carboxylic acid groups (broad SMARTS) is 2. The third-order valence-electron chi connectivity index (χ3n) is 2.99. The second-order valence-corrected chi connectivity index (χ2v) is 4.52. The maximum atomic E-state index is 11.5. The van der Waals surface area contributed by atoms with Crippen LogP contribution in [0.25, 0.3) is 0 Å². The van der Waals surface area contributed by atoms with Gasteiger partial charge in [-0.1, -0.05) is 60.7 Å². The minimum Gasteiger partial charge on any atom is -0.479 e. The highest BCUT2D eigenvalue weighted by molar-refractivity contribution is 5.80. The third kappa shape index (κ3) is 3.83. The van der Waals surface area contributed by atoms with E-state index in [0.29, 0.717) is 10.6 Å². The average molecular weight is 301 g/mol. The first-order chi connectivity index (χ1) is 10.6. The highest BCUT2D eigenvalue weighted by Crippen LogP contribution is 2.22. The van der Waals surface area contributed by atoms with Gasteiger partial charge >= 0.3 is 12.1 Å². The van der Waals surface area contributed by atoms with Crippen molar-refractivity contribution in [2.24, 2.45) is 0 Å². The first-order valence-corrected chi connectivity index (χ1v) is 6.56. The zero-order chi connectivity index (χ0) is 15.9. The first kappa shape index (κ1) is 15.5. The van der Waals surface area contributed by atoms with Gasteiger partial charge in [0.05, 0.1) is 0 Å². The van der Waals surface area contributed by atoms with Crippen LogP contribution >= 0.6 is 0 Å². The van der Waals surface area contributed by atoms with Crippen molar-refractivity contribution < 1.29 is 24.6 Å². The molecule has 0 radical (unpaired) electrons. The van der Waals surface area contributed by atoms with Gasteiger partial charge in [0.25, 0.3) is 0 Å². The van der Waals surface area contributed by atoms with Crippen LogP contribution in [0, 0.1) is 0 Å². The molecule has 1 amide bonds. The molecule has 6 heteroatoms. The summed E-state index contributed by atoms with van der Waals surface area (Å²) in [5.74, 6) is -1.30. The van der Waals surface area contributed by atoms with E-state index in [-0.39, 0.29) is 6.61 Å². The summed E-state index contributed by atoms with van der Waals surface area (Å²) in [5.41, 5.74) is 1.07. The fourth-order valence-corrected chi connectivity index (χ4v) is 1.97. The molecule has 6 nitrogen and oxygen atoms in total. The zero-order valence-electron chi connectivity index (χ0n) is 11.6. The van der Waals surface area contributed by atoms with Crippen LogP contribution in [0.2, 0.25) is 0 Å². The van der Waals surface area contributed by atoms with Gasteiger partial charge in [-0.2, -0.15) is 5.06 Å². The number of benzene rings is 2. The van der Waals surface area contributed by atoms with Crippen molar-refractivity contribution in [1.29, 1.82) is 0 Å². The molecule has 1 unspecified atom stereocenters. The quantitative estimate of drug-likeness (QED) is 0.801. The molecular formula is C16H15NO5. The lowest BCUT2D eigenvalue weighted by molar-refractivity contribution is -0.187. The number of rotatable bonds is 6. The Hall–Kier alpha value is -2.86. The predicted octanol–water partition coefficient (Wildman–Crippen LogP) is 2.92. The largest absolute Gasteiger partial charge is 0.479 e. The van der Waals surface area contributed by atoms with E-state index in [1.807, 2.05) is 6.07 Å². The number of amides is 1. The molecule has 2 aromatic carbocycles. The molecule has 22 heavy (non-hydrogen) atoms. The molecule has 0 bridgehead atoms. The van der Waals surface area contributed by atoms with Crippen LogP contribution in [0.3, 0.4) is 0 Å². The SMILES string of the molecule is O=C(O)C(c1ccccc1)N(OCc1ccccc1)C(=O)O. The molecule has 0 aliphatic rings. The van der Waals surface area contributed by atoms with Crippen LogP contribution in [0.4, 0.5) is 4.79 Å². The van der Waals surface area contributed by atoms with Crippen molar-refractivity contribution in [2.45, 2.75) is 12.6 Å². The van der Waals surface area contributed by atoms with Gasteiger partial charge in [0.15, 0.2) is 6.04 Å². The Balaban J connectivity index is 2.21. The van der Waals surface area contributed by atoms with Gasteiger partial charge in [0.1, 0.15) is 6.61 Å². The van der Waals surface area contributed by atoms with E-state index in [2.05, 4.69) is 0 Å². The van der Waals surface area contributed by atoms with Gasteiger partial charge in [-0.3, -0.25) is 4.84 Å². The van der Waals surface area contributed by atoms with E-state index in [1.54, 1.807) is 54.6 Å². The Bertz CT molecular complexity index is 629. The highest BCUT2D eigenvalue weighted by atomic mass is 16.7. The smallest absolute Gasteiger partial charge is 0.432 e. The first-order valence-electron chi connectivity index (χ1n) is 6.56. The minimum atomic E-state index is -1.47. The molecule has 1 atom stereocenters. The lowest BCUT2D eigenvalue weighted by atomic mass is 10.1. The van der Waals surface area contributed by atoms with E-state index < -0.39 is 18.1 Å². The molecule has 0 aromatic heterocycles. The second kappa shape index (κ2) is 7.24. The molecule has 0 fully saturated rings. The molecule has 0 saturated heterocycles. The number of hydrogen-bond donors (Lipinski definition) is 2. The molecule has 0 aliphatic carbocycles. The fourth-order valence-electron chi connectivity index (χ4n) is 1.97. The molecule has 2 N–H and O–H groups in total. The summed E-state index contributed by atoms with van der Waals surface area (Å²) in [6.45, 7) is -0.0379. The van der Waals surface area contributed by atoms with Crippen LogP contribution in [-0.4, -0.2) is 27.3 Å². The standard InChI is InChI=1S/C16H15NO5/c18-15(19)14(13-9-5-2-6-10-13)17(16(20)21)22-11-12-7-3-1-4-8-12/h1-10,14H,11H2,(H,18,19)(H,20,21). The summed E-state index contributed by atoms with van der Waals surface area (Å²) in [7, 11) is 0. The van der Waals surface area contributed by atoms with E-state index in [9.17, 15) is 19.8 Å². The number of carbonyl (C=O) groups is 2. The van der Waals surface area contributed by atoms with E-state index >= 15 is 0 Å². The molecule has 2 rings (SSSR count). The number of hydrogen-bond acceptors (Lipinski definition) is 3. The molecule has 0 aliphatic heterocycles. The third-order valence-corrected chi connectivity index (χ3v) is 2.99. The summed E-state index contributed by atoms with van der Waals surface area (Å²) in [5, 5.41) is 19.1. The van der Waals surface area contributed by atoms with Crippen molar-refractivity contribution in [3.63, 3.8) is 0 Å². The van der Waals surface area contributed by atoms with Gasteiger partial charge in [0.2, 0.25) is 0 Å². The van der Waals surface area contributed by atoms with Crippen LogP contribution in [0.1, 0.15) is 17.2 Å². The van der Waals surface area contributed by atoms with Gasteiger partial charge in [-0.15, -0.1) is 0 Å². The Morgan fingerprint density at radius 3 is 2.00 bits per heavy atom. The Labute approximate surface area is 127 Å². The van der Waals surface area contributed by atoms with Crippen molar-refractivity contribution >= 4 is 12.1 Å². The summed E-state index contributed by atoms with van der Waals surface area (Å²) in [4.78, 5) is 28.1. The van der Waals surface area contributed by atoms with Gasteiger partial charge in [-0.05, 0) is 11.1 Å². The number of nitrogens with zero attached hydrogens (tertiary/aromatic N) is 1. The van der Waals surface area contributed by atoms with Gasteiger partial charge in [-0.25, -0.2) is 9.59 Å². The lowest BCUT2D eigenvalue weighted by Gasteiger charge is -2.25. The summed E-state index contributed by atoms with van der Waals surface area (Å²) in [6, 6.07) is 15.6. The van der Waals surface area contributed by atoms with Crippen molar-refractivity contribution in [2.75, 3.05) is 0 Å². The molecule has 114 valence electrons. The predicted molar refractivity (Wildman–Crippen MR) is 77.9 cm³/mol. The molecule has 0 saturated carbocycles. The normalized spacial score (nSPS) is 11.6. The monoisotopic (exact) mass is 301 g/mol. The molecule has 0 spiro atoms. The number of carboxylic acids is 1. The van der Waals surface area contributed by atoms with E-state index in [1.165, 1.54) is 0 Å². The van der Waals surface area contributed by atoms with E-state index in [4.69, 9.17) is 4.84 Å². The van der Waals surface area contributed by atoms with Crippen LogP contribution in [-0.2, 0) is 16.2 Å². The number of hydroxylamine groups is 2.